The Balaban J connectivity index is 1.55. The fraction of sp³-hybridized carbons (Fsp3) is 0.562. The molecule has 1 aliphatic rings. The molecule has 7 heteroatoms. The van der Waals surface area contributed by atoms with Crippen LogP contribution >= 0.6 is 0 Å². The number of likely N-dealkylation sites (tertiary alicyclic amines) is 1. The molecule has 3 rings (SSSR count). The minimum Gasteiger partial charge on any atom is -0.340 e. The van der Waals surface area contributed by atoms with Gasteiger partial charge < -0.3 is 9.09 Å². The van der Waals surface area contributed by atoms with Crippen LogP contribution in [0.1, 0.15) is 23.7 Å². The van der Waals surface area contributed by atoms with Crippen molar-refractivity contribution in [2.75, 3.05) is 20.1 Å². The van der Waals surface area contributed by atoms with E-state index < -0.39 is 0 Å². The van der Waals surface area contributed by atoms with Gasteiger partial charge >= 0.3 is 0 Å². The fourth-order valence-corrected chi connectivity index (χ4v) is 3.02. The number of hydrogen-bond donors (Lipinski definition) is 0. The van der Waals surface area contributed by atoms with E-state index in [1.54, 1.807) is 24.6 Å². The quantitative estimate of drug-likeness (QED) is 0.812. The van der Waals surface area contributed by atoms with E-state index in [4.69, 9.17) is 4.52 Å². The molecule has 0 aromatic carbocycles. The first kappa shape index (κ1) is 15.9. The van der Waals surface area contributed by atoms with Crippen LogP contribution < -0.4 is 5.56 Å². The molecule has 1 fully saturated rings. The van der Waals surface area contributed by atoms with Gasteiger partial charge in [-0.05, 0) is 25.1 Å². The third-order valence-electron chi connectivity index (χ3n) is 4.41. The van der Waals surface area contributed by atoms with E-state index in [1.165, 1.54) is 0 Å². The minimum absolute atomic E-state index is 0.0443. The summed E-state index contributed by atoms with van der Waals surface area (Å²) >= 11 is 0. The normalized spacial score (nSPS) is 18.9. The van der Waals surface area contributed by atoms with Crippen LogP contribution in [-0.2, 0) is 20.1 Å². The highest BCUT2D eigenvalue weighted by Crippen LogP contribution is 2.18. The smallest absolute Gasteiger partial charge is 0.250 e. The zero-order chi connectivity index (χ0) is 16.4. The molecule has 1 saturated heterocycles. The lowest BCUT2D eigenvalue weighted by molar-refractivity contribution is 0.216. The molecule has 0 N–H and O–H groups in total. The first-order valence-electron chi connectivity index (χ1n) is 7.88. The van der Waals surface area contributed by atoms with Gasteiger partial charge in [0.05, 0.1) is 6.54 Å². The average Bonchev–Trinajstić information content (AvgIpc) is 3.12. The van der Waals surface area contributed by atoms with Crippen LogP contribution in [0.15, 0.2) is 27.6 Å². The van der Waals surface area contributed by atoms with Gasteiger partial charge in [0.25, 0.3) is 5.56 Å². The summed E-state index contributed by atoms with van der Waals surface area (Å²) in [5.41, 5.74) is 1.12. The summed E-state index contributed by atoms with van der Waals surface area (Å²) in [6, 6.07) is 4.21. The van der Waals surface area contributed by atoms with Crippen molar-refractivity contribution in [3.63, 3.8) is 0 Å². The fourth-order valence-electron chi connectivity index (χ4n) is 3.02. The van der Waals surface area contributed by atoms with E-state index >= 15 is 0 Å². The number of aryl methyl sites for hydroxylation is 2. The van der Waals surface area contributed by atoms with Crippen molar-refractivity contribution in [2.24, 2.45) is 7.05 Å². The number of hydrogen-bond acceptors (Lipinski definition) is 6. The lowest BCUT2D eigenvalue weighted by Crippen LogP contribution is -2.34. The number of pyridine rings is 1. The van der Waals surface area contributed by atoms with Gasteiger partial charge in [-0.15, -0.1) is 0 Å². The van der Waals surface area contributed by atoms with E-state index in [9.17, 15) is 4.79 Å². The van der Waals surface area contributed by atoms with Crippen LogP contribution in [0.4, 0.5) is 0 Å². The Bertz CT molecular complexity index is 723. The highest BCUT2D eigenvalue weighted by atomic mass is 16.5. The molecule has 0 aliphatic carbocycles. The van der Waals surface area contributed by atoms with Gasteiger partial charge in [-0.3, -0.25) is 14.6 Å². The van der Waals surface area contributed by atoms with Gasteiger partial charge in [-0.1, -0.05) is 5.16 Å². The first-order valence-corrected chi connectivity index (χ1v) is 7.88. The molecule has 1 aliphatic heterocycles. The Morgan fingerprint density at radius 1 is 1.48 bits per heavy atom. The molecule has 3 heterocycles. The first-order chi connectivity index (χ1) is 11.0. The molecular formula is C16H23N5O2. The summed E-state index contributed by atoms with van der Waals surface area (Å²) in [5, 5.41) is 3.95. The van der Waals surface area contributed by atoms with Crippen LogP contribution in [0.5, 0.6) is 0 Å². The van der Waals surface area contributed by atoms with E-state index in [1.807, 2.05) is 12.3 Å². The molecule has 0 spiro atoms. The summed E-state index contributed by atoms with van der Waals surface area (Å²) in [4.78, 5) is 20.6. The van der Waals surface area contributed by atoms with Crippen LogP contribution in [0, 0.1) is 6.92 Å². The Kier molecular flexibility index (Phi) is 4.58. The molecule has 124 valence electrons. The molecule has 0 bridgehead atoms. The standard InChI is InChI=1S/C16H23N5O2/c1-12-17-15(18-23-12)11-20(3)14-5-7-21(10-14)9-13-4-6-19(2)16(22)8-13/h4,6,8,14H,5,7,9-11H2,1-3H3/t14-/m1/s1. The molecule has 23 heavy (non-hydrogen) atoms. The second-order valence-electron chi connectivity index (χ2n) is 6.31. The summed E-state index contributed by atoms with van der Waals surface area (Å²) in [5.74, 6) is 1.34. The van der Waals surface area contributed by atoms with Gasteiger partial charge in [-0.25, -0.2) is 0 Å². The van der Waals surface area contributed by atoms with Gasteiger partial charge in [0.1, 0.15) is 0 Å². The molecule has 2 aromatic heterocycles. The van der Waals surface area contributed by atoms with E-state index in [2.05, 4.69) is 27.0 Å². The lowest BCUT2D eigenvalue weighted by atomic mass is 10.2. The molecular weight excluding hydrogens is 294 g/mol. The second kappa shape index (κ2) is 6.64. The van der Waals surface area contributed by atoms with E-state index in [-0.39, 0.29) is 5.56 Å². The molecule has 0 radical (unpaired) electrons. The largest absolute Gasteiger partial charge is 0.340 e. The summed E-state index contributed by atoms with van der Waals surface area (Å²) in [7, 11) is 3.87. The number of likely N-dealkylation sites (N-methyl/N-ethyl adjacent to an activating group) is 1. The molecule has 1 atom stereocenters. The van der Waals surface area contributed by atoms with Gasteiger partial charge in [0, 0.05) is 51.9 Å². The Labute approximate surface area is 135 Å². The highest BCUT2D eigenvalue weighted by Gasteiger charge is 2.26. The Morgan fingerprint density at radius 3 is 3.00 bits per heavy atom. The molecule has 7 nitrogen and oxygen atoms in total. The predicted octanol–water partition coefficient (Wildman–Crippen LogP) is 0.783. The van der Waals surface area contributed by atoms with Crippen molar-refractivity contribution >= 4 is 0 Å². The predicted molar refractivity (Wildman–Crippen MR) is 85.9 cm³/mol. The number of nitrogens with zero attached hydrogens (tertiary/aromatic N) is 5. The maximum Gasteiger partial charge on any atom is 0.250 e. The van der Waals surface area contributed by atoms with E-state index in [0.717, 1.165) is 37.4 Å². The third kappa shape index (κ3) is 3.86. The van der Waals surface area contributed by atoms with Crippen LogP contribution in [0.2, 0.25) is 0 Å². The molecule has 2 aromatic rings. The number of rotatable bonds is 5. The summed E-state index contributed by atoms with van der Waals surface area (Å²) in [6.45, 7) is 5.35. The molecule has 0 saturated carbocycles. The van der Waals surface area contributed by atoms with Crippen LogP contribution in [-0.4, -0.2) is 50.7 Å². The highest BCUT2D eigenvalue weighted by molar-refractivity contribution is 5.11. The van der Waals surface area contributed by atoms with Crippen molar-refractivity contribution in [3.05, 3.63) is 46.0 Å². The maximum absolute atomic E-state index is 11.7. The zero-order valence-electron chi connectivity index (χ0n) is 13.9. The Morgan fingerprint density at radius 2 is 2.30 bits per heavy atom. The third-order valence-corrected chi connectivity index (χ3v) is 4.41. The van der Waals surface area contributed by atoms with Crippen molar-refractivity contribution < 1.29 is 4.52 Å². The molecule has 0 amide bonds. The van der Waals surface area contributed by atoms with Crippen molar-refractivity contribution in [1.29, 1.82) is 0 Å². The summed E-state index contributed by atoms with van der Waals surface area (Å²) in [6.07, 6.45) is 2.94. The summed E-state index contributed by atoms with van der Waals surface area (Å²) < 4.78 is 6.61. The van der Waals surface area contributed by atoms with Gasteiger partial charge in [-0.2, -0.15) is 4.98 Å². The SMILES string of the molecule is Cc1nc(CN(C)[C@@H]2CCN(Cc3ccn(C)c(=O)c3)C2)no1. The van der Waals surface area contributed by atoms with Crippen molar-refractivity contribution in [3.8, 4) is 0 Å². The van der Waals surface area contributed by atoms with Gasteiger partial charge in [0.15, 0.2) is 5.82 Å². The minimum atomic E-state index is 0.0443. The lowest BCUT2D eigenvalue weighted by Gasteiger charge is -2.23. The van der Waals surface area contributed by atoms with Gasteiger partial charge in [0.2, 0.25) is 5.89 Å². The molecule has 0 unspecified atom stereocenters. The monoisotopic (exact) mass is 317 g/mol. The average molecular weight is 317 g/mol. The topological polar surface area (TPSA) is 67.4 Å². The maximum atomic E-state index is 11.7. The van der Waals surface area contributed by atoms with E-state index in [0.29, 0.717) is 18.5 Å². The van der Waals surface area contributed by atoms with Crippen LogP contribution in [0.25, 0.3) is 0 Å². The zero-order valence-corrected chi connectivity index (χ0v) is 13.9. The second-order valence-corrected chi connectivity index (χ2v) is 6.31. The number of aromatic nitrogens is 3. The Hall–Kier alpha value is -1.99. The van der Waals surface area contributed by atoms with Crippen molar-refractivity contribution in [2.45, 2.75) is 32.5 Å². The van der Waals surface area contributed by atoms with Crippen LogP contribution in [0.3, 0.4) is 0 Å². The van der Waals surface area contributed by atoms with Crippen molar-refractivity contribution in [1.82, 2.24) is 24.5 Å².